The number of unbranched alkanes of at least 4 members (excludes halogenated alkanes) is 2. The average Bonchev–Trinajstić information content (AvgIpc) is 2.27. The third-order valence-corrected chi connectivity index (χ3v) is 4.12. The van der Waals surface area contributed by atoms with Crippen LogP contribution in [0.25, 0.3) is 0 Å². The molecule has 0 aromatic carbocycles. The van der Waals surface area contributed by atoms with E-state index >= 15 is 0 Å². The zero-order valence-corrected chi connectivity index (χ0v) is 13.1. The monoisotopic (exact) mass is 240 g/mol. The normalized spacial score (nSPS) is 12.4. The van der Waals surface area contributed by atoms with Crippen LogP contribution in [0.1, 0.15) is 98.8 Å². The van der Waals surface area contributed by atoms with Gasteiger partial charge in [0, 0.05) is 0 Å². The molecule has 0 radical (unpaired) electrons. The Balaban J connectivity index is 4.36. The van der Waals surface area contributed by atoms with Gasteiger partial charge in [0.05, 0.1) is 0 Å². The van der Waals surface area contributed by atoms with Crippen molar-refractivity contribution >= 4 is 0 Å². The van der Waals surface area contributed by atoms with Gasteiger partial charge in [-0.05, 0) is 37.0 Å². The molecule has 0 bridgehead atoms. The van der Waals surface area contributed by atoms with Crippen LogP contribution >= 0.6 is 0 Å². The first kappa shape index (κ1) is 17.0. The Morgan fingerprint density at radius 1 is 0.706 bits per heavy atom. The molecular formula is C17H36. The van der Waals surface area contributed by atoms with Crippen LogP contribution in [-0.2, 0) is 0 Å². The largest absolute Gasteiger partial charge is 0.0654 e. The molecule has 0 saturated heterocycles. The molecule has 0 N–H and O–H groups in total. The molecule has 0 unspecified atom stereocenters. The van der Waals surface area contributed by atoms with Gasteiger partial charge < -0.3 is 0 Å². The van der Waals surface area contributed by atoms with Crippen LogP contribution in [0.4, 0.5) is 0 Å². The zero-order chi connectivity index (χ0) is 13.1. The molecule has 0 aliphatic rings. The first-order valence-electron chi connectivity index (χ1n) is 8.10. The molecule has 17 heavy (non-hydrogen) atoms. The lowest BCUT2D eigenvalue weighted by molar-refractivity contribution is 0.175. The van der Waals surface area contributed by atoms with E-state index in [0.717, 1.165) is 5.92 Å². The lowest BCUT2D eigenvalue weighted by Gasteiger charge is -2.35. The van der Waals surface area contributed by atoms with Gasteiger partial charge in [0.25, 0.3) is 0 Å². The predicted octanol–water partition coefficient (Wildman–Crippen LogP) is 6.59. The molecule has 0 amide bonds. The highest BCUT2D eigenvalue weighted by Crippen LogP contribution is 2.41. The van der Waals surface area contributed by atoms with E-state index in [-0.39, 0.29) is 0 Å². The average molecular weight is 240 g/mol. The fourth-order valence-corrected chi connectivity index (χ4v) is 3.16. The van der Waals surface area contributed by atoms with Crippen molar-refractivity contribution in [1.82, 2.24) is 0 Å². The summed E-state index contributed by atoms with van der Waals surface area (Å²) < 4.78 is 0. The molecule has 0 aliphatic carbocycles. The molecule has 0 aromatic heterocycles. The van der Waals surface area contributed by atoms with Crippen LogP contribution in [0.2, 0.25) is 0 Å². The van der Waals surface area contributed by atoms with E-state index in [1.54, 1.807) is 0 Å². The Bertz CT molecular complexity index is 151. The summed E-state index contributed by atoms with van der Waals surface area (Å²) in [5.74, 6) is 0.870. The van der Waals surface area contributed by atoms with Gasteiger partial charge in [-0.15, -0.1) is 0 Å². The molecule has 0 spiro atoms. The van der Waals surface area contributed by atoms with Gasteiger partial charge in [0.15, 0.2) is 0 Å². The zero-order valence-electron chi connectivity index (χ0n) is 13.1. The second-order valence-electron chi connectivity index (χ2n) is 6.39. The summed E-state index contributed by atoms with van der Waals surface area (Å²) in [5, 5.41) is 0. The fourth-order valence-electron chi connectivity index (χ4n) is 3.16. The van der Waals surface area contributed by atoms with E-state index in [1.807, 2.05) is 0 Å². The number of rotatable bonds is 11. The number of hydrogen-bond acceptors (Lipinski definition) is 0. The fraction of sp³-hybridized carbons (Fsp3) is 1.00. The molecule has 104 valence electrons. The summed E-state index contributed by atoms with van der Waals surface area (Å²) in [6.45, 7) is 11.8. The Kier molecular flexibility index (Phi) is 9.97. The van der Waals surface area contributed by atoms with Gasteiger partial charge in [0.1, 0.15) is 0 Å². The van der Waals surface area contributed by atoms with E-state index in [0.29, 0.717) is 5.41 Å². The van der Waals surface area contributed by atoms with Crippen molar-refractivity contribution in [2.75, 3.05) is 0 Å². The maximum Gasteiger partial charge on any atom is -0.0298 e. The van der Waals surface area contributed by atoms with E-state index in [2.05, 4.69) is 34.6 Å². The topological polar surface area (TPSA) is 0 Å². The van der Waals surface area contributed by atoms with Gasteiger partial charge in [-0.3, -0.25) is 0 Å². The van der Waals surface area contributed by atoms with Crippen LogP contribution in [-0.4, -0.2) is 0 Å². The summed E-state index contributed by atoms with van der Waals surface area (Å²) in [4.78, 5) is 0. The Morgan fingerprint density at radius 2 is 1.29 bits per heavy atom. The highest BCUT2D eigenvalue weighted by molar-refractivity contribution is 4.79. The minimum absolute atomic E-state index is 0.683. The Hall–Kier alpha value is 0. The molecule has 0 fully saturated rings. The van der Waals surface area contributed by atoms with Crippen molar-refractivity contribution in [1.29, 1.82) is 0 Å². The van der Waals surface area contributed by atoms with Crippen molar-refractivity contribution in [2.24, 2.45) is 11.3 Å². The Morgan fingerprint density at radius 3 is 1.71 bits per heavy atom. The molecule has 0 atom stereocenters. The predicted molar refractivity (Wildman–Crippen MR) is 80.5 cm³/mol. The quantitative estimate of drug-likeness (QED) is 0.357. The van der Waals surface area contributed by atoms with Crippen LogP contribution < -0.4 is 0 Å². The molecule has 0 nitrogen and oxygen atoms in total. The molecule has 0 heterocycles. The minimum atomic E-state index is 0.683. The van der Waals surface area contributed by atoms with Gasteiger partial charge in [-0.2, -0.15) is 0 Å². The standard InChI is InChI=1S/C17H36/c1-6-9-10-14-17(12-7-2,13-8-3)15-11-16(4)5/h16H,6-15H2,1-5H3. The lowest BCUT2D eigenvalue weighted by Crippen LogP contribution is -2.21. The molecule has 0 saturated carbocycles. The van der Waals surface area contributed by atoms with Gasteiger partial charge >= 0.3 is 0 Å². The molecule has 0 heteroatoms. The highest BCUT2D eigenvalue weighted by Gasteiger charge is 2.27. The molecular weight excluding hydrogens is 204 g/mol. The van der Waals surface area contributed by atoms with Crippen molar-refractivity contribution < 1.29 is 0 Å². The van der Waals surface area contributed by atoms with Crippen molar-refractivity contribution in [3.8, 4) is 0 Å². The van der Waals surface area contributed by atoms with Crippen molar-refractivity contribution in [3.05, 3.63) is 0 Å². The van der Waals surface area contributed by atoms with Crippen LogP contribution in [0.15, 0.2) is 0 Å². The minimum Gasteiger partial charge on any atom is -0.0654 e. The third kappa shape index (κ3) is 7.84. The van der Waals surface area contributed by atoms with Crippen molar-refractivity contribution in [2.45, 2.75) is 98.8 Å². The third-order valence-electron chi connectivity index (χ3n) is 4.12. The van der Waals surface area contributed by atoms with Gasteiger partial charge in [-0.25, -0.2) is 0 Å². The van der Waals surface area contributed by atoms with E-state index in [1.165, 1.54) is 64.2 Å². The van der Waals surface area contributed by atoms with Gasteiger partial charge in [-0.1, -0.05) is 73.1 Å². The van der Waals surface area contributed by atoms with Crippen LogP contribution in [0.5, 0.6) is 0 Å². The van der Waals surface area contributed by atoms with Gasteiger partial charge in [0.2, 0.25) is 0 Å². The van der Waals surface area contributed by atoms with Crippen molar-refractivity contribution in [3.63, 3.8) is 0 Å². The summed E-state index contributed by atoms with van der Waals surface area (Å²) in [5.41, 5.74) is 0.683. The second-order valence-corrected chi connectivity index (χ2v) is 6.39. The van der Waals surface area contributed by atoms with Crippen LogP contribution in [0, 0.1) is 11.3 Å². The van der Waals surface area contributed by atoms with E-state index < -0.39 is 0 Å². The smallest absolute Gasteiger partial charge is 0.0298 e. The summed E-state index contributed by atoms with van der Waals surface area (Å²) in [6, 6.07) is 0. The molecule has 0 aromatic rings. The first-order chi connectivity index (χ1) is 8.10. The summed E-state index contributed by atoms with van der Waals surface area (Å²) >= 11 is 0. The maximum atomic E-state index is 2.37. The summed E-state index contributed by atoms with van der Waals surface area (Å²) in [6.07, 6.45) is 14.3. The van der Waals surface area contributed by atoms with E-state index in [4.69, 9.17) is 0 Å². The second kappa shape index (κ2) is 9.97. The molecule has 0 aliphatic heterocycles. The summed E-state index contributed by atoms with van der Waals surface area (Å²) in [7, 11) is 0. The Labute approximate surface area is 111 Å². The van der Waals surface area contributed by atoms with E-state index in [9.17, 15) is 0 Å². The lowest BCUT2D eigenvalue weighted by atomic mass is 9.71. The maximum absolute atomic E-state index is 2.37. The SMILES string of the molecule is CCCCCC(CCC)(CCC)CCC(C)C. The first-order valence-corrected chi connectivity index (χ1v) is 8.10. The number of hydrogen-bond donors (Lipinski definition) is 0. The van der Waals surface area contributed by atoms with Crippen LogP contribution in [0.3, 0.4) is 0 Å². The molecule has 0 rings (SSSR count). The highest BCUT2D eigenvalue weighted by atomic mass is 14.3.